The molecular weight excluding hydrogens is 644 g/mol. The fourth-order valence-electron chi connectivity index (χ4n) is 5.61. The van der Waals surface area contributed by atoms with Gasteiger partial charge in [0.15, 0.2) is 0 Å². The van der Waals surface area contributed by atoms with Crippen LogP contribution in [0.1, 0.15) is 74.7 Å². The predicted octanol–water partition coefficient (Wildman–Crippen LogP) is 6.50. The van der Waals surface area contributed by atoms with Gasteiger partial charge < -0.3 is 29.4 Å². The number of aliphatic hydroxyl groups is 1. The van der Waals surface area contributed by atoms with Crippen molar-refractivity contribution in [1.29, 1.82) is 0 Å². The maximum atomic E-state index is 13.6. The van der Waals surface area contributed by atoms with Gasteiger partial charge in [-0.2, -0.15) is 0 Å². The van der Waals surface area contributed by atoms with Gasteiger partial charge in [-0.15, -0.1) is 0 Å². The van der Waals surface area contributed by atoms with Crippen LogP contribution >= 0.6 is 0 Å². The number of ether oxygens (including phenoxy) is 2. The van der Waals surface area contributed by atoms with Crippen molar-refractivity contribution >= 4 is 38.6 Å². The Morgan fingerprint density at radius 2 is 1.69 bits per heavy atom. The molecule has 0 aliphatic carbocycles. The van der Waals surface area contributed by atoms with E-state index in [1.165, 1.54) is 11.0 Å². The molecule has 2 atom stereocenters. The molecule has 0 aliphatic heterocycles. The van der Waals surface area contributed by atoms with Crippen LogP contribution < -0.4 is 9.46 Å². The molecule has 0 fully saturated rings. The lowest BCUT2D eigenvalue weighted by Gasteiger charge is -2.33. The summed E-state index contributed by atoms with van der Waals surface area (Å²) in [5.74, 6) is 0.234. The number of nitrogens with zero attached hydrogens (tertiary/aromatic N) is 2. The highest BCUT2D eigenvalue weighted by Gasteiger charge is 2.30. The molecule has 1 heterocycles. The summed E-state index contributed by atoms with van der Waals surface area (Å²) in [6.45, 7) is 12.4. The number of rotatable bonds is 14. The highest BCUT2D eigenvalue weighted by molar-refractivity contribution is 7.92. The van der Waals surface area contributed by atoms with E-state index in [2.05, 4.69) is 9.71 Å². The molecule has 0 unspecified atom stereocenters. The van der Waals surface area contributed by atoms with Crippen LogP contribution in [0.4, 0.5) is 10.5 Å². The quantitative estimate of drug-likeness (QED) is 0.137. The Morgan fingerprint density at radius 3 is 2.33 bits per heavy atom. The van der Waals surface area contributed by atoms with Crippen LogP contribution in [0.5, 0.6) is 5.75 Å². The first-order chi connectivity index (χ1) is 23.1. The molecule has 264 valence electrons. The van der Waals surface area contributed by atoms with Gasteiger partial charge in [0.05, 0.1) is 35.7 Å². The monoisotopic (exact) mass is 692 g/mol. The Balaban J connectivity index is 1.61. The van der Waals surface area contributed by atoms with Crippen LogP contribution in [0.25, 0.3) is 10.9 Å². The van der Waals surface area contributed by atoms with E-state index < -0.39 is 33.9 Å². The zero-order valence-electron chi connectivity index (χ0n) is 29.3. The lowest BCUT2D eigenvalue weighted by Crippen LogP contribution is -2.45. The number of aromatic nitrogens is 1. The minimum Gasteiger partial charge on any atom is -0.487 e. The molecule has 0 bridgehead atoms. The number of aliphatic hydroxyl groups excluding tert-OH is 1. The largest absolute Gasteiger partial charge is 0.487 e. The SMILES string of the molecule is CCN(CC)C(=O)c1cccc2c(C[C@@H](C)N(C[C@H](O)c3ccc(OCc4ccccc4)c(NS(C)(=O)=O)c3)C(=O)OC(C)(C)C)c[nH]c12. The van der Waals surface area contributed by atoms with Crippen LogP contribution in [0, 0.1) is 0 Å². The first-order valence-corrected chi connectivity index (χ1v) is 18.3. The van der Waals surface area contributed by atoms with E-state index in [0.29, 0.717) is 36.4 Å². The molecule has 0 aliphatic rings. The number of hydrogen-bond donors (Lipinski definition) is 3. The van der Waals surface area contributed by atoms with Crippen LogP contribution in [0.15, 0.2) is 72.9 Å². The topological polar surface area (TPSA) is 141 Å². The maximum Gasteiger partial charge on any atom is 0.410 e. The molecule has 4 aromatic rings. The van der Waals surface area contributed by atoms with Crippen LogP contribution in [0.3, 0.4) is 0 Å². The van der Waals surface area contributed by atoms with Gasteiger partial charge in [-0.05, 0) is 82.9 Å². The molecule has 3 aromatic carbocycles. The Bertz CT molecular complexity index is 1850. The summed E-state index contributed by atoms with van der Waals surface area (Å²) in [6, 6.07) is 19.4. The number of nitrogens with one attached hydrogen (secondary N) is 2. The van der Waals surface area contributed by atoms with E-state index in [4.69, 9.17) is 9.47 Å². The average Bonchev–Trinajstić information content (AvgIpc) is 3.44. The third-order valence-electron chi connectivity index (χ3n) is 8.05. The van der Waals surface area contributed by atoms with Crippen LogP contribution in [0.2, 0.25) is 0 Å². The van der Waals surface area contributed by atoms with E-state index in [0.717, 1.165) is 28.3 Å². The number of sulfonamides is 1. The van der Waals surface area contributed by atoms with Crippen molar-refractivity contribution in [1.82, 2.24) is 14.8 Å². The van der Waals surface area contributed by atoms with Crippen molar-refractivity contribution in [3.63, 3.8) is 0 Å². The number of fused-ring (bicyclic) bond motifs is 1. The fraction of sp³-hybridized carbons (Fsp3) is 0.405. The molecule has 0 spiro atoms. The van der Waals surface area contributed by atoms with Gasteiger partial charge >= 0.3 is 6.09 Å². The minimum atomic E-state index is -3.68. The number of para-hydroxylation sites is 1. The van der Waals surface area contributed by atoms with Crippen molar-refractivity contribution in [3.05, 3.63) is 95.2 Å². The first-order valence-electron chi connectivity index (χ1n) is 16.4. The summed E-state index contributed by atoms with van der Waals surface area (Å²) in [5.41, 5.74) is 2.87. The summed E-state index contributed by atoms with van der Waals surface area (Å²) in [6.07, 6.45) is 1.49. The van der Waals surface area contributed by atoms with Crippen molar-refractivity contribution < 1.29 is 32.6 Å². The van der Waals surface area contributed by atoms with Crippen molar-refractivity contribution in [3.8, 4) is 5.75 Å². The molecule has 3 N–H and O–H groups in total. The van der Waals surface area contributed by atoms with Gasteiger partial charge in [-0.1, -0.05) is 48.5 Å². The second kappa shape index (κ2) is 15.8. The third-order valence-corrected chi connectivity index (χ3v) is 8.64. The third kappa shape index (κ3) is 9.99. The fourth-order valence-corrected chi connectivity index (χ4v) is 6.17. The molecule has 0 saturated carbocycles. The second-order valence-corrected chi connectivity index (χ2v) is 14.9. The van der Waals surface area contributed by atoms with Crippen molar-refractivity contribution in [2.24, 2.45) is 0 Å². The zero-order valence-corrected chi connectivity index (χ0v) is 30.1. The Hall–Kier alpha value is -4.55. The van der Waals surface area contributed by atoms with Gasteiger partial charge in [-0.25, -0.2) is 13.2 Å². The highest BCUT2D eigenvalue weighted by atomic mass is 32.2. The first kappa shape index (κ1) is 37.3. The summed E-state index contributed by atoms with van der Waals surface area (Å²) >= 11 is 0. The summed E-state index contributed by atoms with van der Waals surface area (Å²) in [4.78, 5) is 33.3. The molecule has 49 heavy (non-hydrogen) atoms. The molecular formula is C37H48N4O7S. The number of carbonyl (C=O) groups excluding carboxylic acids is 2. The number of hydrogen-bond acceptors (Lipinski definition) is 7. The maximum absolute atomic E-state index is 13.6. The number of benzene rings is 3. The molecule has 0 radical (unpaired) electrons. The Kier molecular flexibility index (Phi) is 12.0. The zero-order chi connectivity index (χ0) is 35.9. The van der Waals surface area contributed by atoms with E-state index in [1.54, 1.807) is 43.9 Å². The van der Waals surface area contributed by atoms with E-state index in [1.807, 2.05) is 69.4 Å². The number of H-pyrrole nitrogens is 1. The van der Waals surface area contributed by atoms with Crippen LogP contribution in [-0.4, -0.2) is 77.8 Å². The molecule has 12 heteroatoms. The van der Waals surface area contributed by atoms with Crippen molar-refractivity contribution in [2.75, 3.05) is 30.6 Å². The summed E-state index contributed by atoms with van der Waals surface area (Å²) in [5, 5.41) is 12.4. The van der Waals surface area contributed by atoms with Crippen molar-refractivity contribution in [2.45, 2.75) is 72.3 Å². The number of carbonyl (C=O) groups is 2. The van der Waals surface area contributed by atoms with E-state index in [-0.39, 0.29) is 24.7 Å². The second-order valence-electron chi connectivity index (χ2n) is 13.1. The van der Waals surface area contributed by atoms with Crippen LogP contribution in [-0.2, 0) is 27.8 Å². The Labute approximate surface area is 289 Å². The summed E-state index contributed by atoms with van der Waals surface area (Å²) in [7, 11) is -3.68. The van der Waals surface area contributed by atoms with Gasteiger partial charge in [0, 0.05) is 30.7 Å². The molecule has 2 amide bonds. The molecule has 1 aromatic heterocycles. The van der Waals surface area contributed by atoms with Gasteiger partial charge in [0.1, 0.15) is 18.0 Å². The standard InChI is InChI=1S/C37H48N4O7S/c1-8-40(9-2)35(43)30-17-13-16-29-28(22-38-34(29)30)20-25(3)41(36(44)48-37(4,5)6)23-32(42)27-18-19-33(31(21-27)39-49(7,45)46)47-24-26-14-11-10-12-15-26/h10-19,21-22,25,32,38-39,42H,8-9,20,23-24H2,1-7H3/t25-,32+/m1/s1. The summed E-state index contributed by atoms with van der Waals surface area (Å²) < 4.78 is 38.7. The van der Waals surface area contributed by atoms with E-state index >= 15 is 0 Å². The lowest BCUT2D eigenvalue weighted by molar-refractivity contribution is 0.00549. The Morgan fingerprint density at radius 1 is 1.00 bits per heavy atom. The normalized spacial score (nSPS) is 13.1. The number of anilines is 1. The highest BCUT2D eigenvalue weighted by Crippen LogP contribution is 2.31. The number of aromatic amines is 1. The average molecular weight is 693 g/mol. The predicted molar refractivity (Wildman–Crippen MR) is 192 cm³/mol. The number of amides is 2. The van der Waals surface area contributed by atoms with E-state index in [9.17, 15) is 23.1 Å². The molecule has 4 rings (SSSR count). The molecule has 11 nitrogen and oxygen atoms in total. The van der Waals surface area contributed by atoms with Gasteiger partial charge in [0.25, 0.3) is 5.91 Å². The van der Waals surface area contributed by atoms with Gasteiger partial charge in [-0.3, -0.25) is 9.52 Å². The minimum absolute atomic E-state index is 0.0585. The smallest absolute Gasteiger partial charge is 0.410 e. The lowest BCUT2D eigenvalue weighted by atomic mass is 10.0. The molecule has 0 saturated heterocycles. The van der Waals surface area contributed by atoms with Gasteiger partial charge in [0.2, 0.25) is 10.0 Å².